The number of nitrogens with two attached hydrogens (primary N) is 1. The Morgan fingerprint density at radius 2 is 2.07 bits per heavy atom. The molecule has 6 heteroatoms. The van der Waals surface area contributed by atoms with Crippen LogP contribution in [0.5, 0.6) is 0 Å². The van der Waals surface area contributed by atoms with E-state index >= 15 is 0 Å². The first-order valence-corrected chi connectivity index (χ1v) is 6.31. The topological polar surface area (TPSA) is 72.2 Å². The minimum Gasteiger partial charge on any atom is -0.392 e. The molecular weight excluding hydrogens is 232 g/mol. The third kappa shape index (κ3) is 3.85. The summed E-state index contributed by atoms with van der Waals surface area (Å²) in [6.07, 6.45) is 0. The summed E-state index contributed by atoms with van der Waals surface area (Å²) in [4.78, 5) is -0.0453. The molecule has 3 N–H and O–H groups in total. The molecule has 0 unspecified atom stereocenters. The predicted octanol–water partition coefficient (Wildman–Crippen LogP) is 1.02. The van der Waals surface area contributed by atoms with E-state index < -0.39 is 10.0 Å². The third-order valence-corrected chi connectivity index (χ3v) is 3.29. The van der Waals surface area contributed by atoms with Gasteiger partial charge in [-0.2, -0.15) is 0 Å². The number of benzene rings is 1. The Labute approximate surface area is 94.5 Å². The SMILES string of the molecule is Cc1ccccc1NS(=O)(=O)CC(N)=S. The van der Waals surface area contributed by atoms with Crippen molar-refractivity contribution < 1.29 is 8.42 Å². The van der Waals surface area contributed by atoms with E-state index in [9.17, 15) is 8.42 Å². The van der Waals surface area contributed by atoms with Gasteiger partial charge in [-0.05, 0) is 18.6 Å². The van der Waals surface area contributed by atoms with Gasteiger partial charge in [-0.25, -0.2) is 8.42 Å². The minimum absolute atomic E-state index is 0.0453. The van der Waals surface area contributed by atoms with Crippen LogP contribution < -0.4 is 10.5 Å². The van der Waals surface area contributed by atoms with Crippen LogP contribution in [-0.4, -0.2) is 19.2 Å². The Balaban J connectivity index is 2.87. The Kier molecular flexibility index (Phi) is 3.65. The van der Waals surface area contributed by atoms with Gasteiger partial charge < -0.3 is 5.73 Å². The summed E-state index contributed by atoms with van der Waals surface area (Å²) in [7, 11) is -3.47. The molecule has 4 nitrogen and oxygen atoms in total. The van der Waals surface area contributed by atoms with Crippen LogP contribution in [0.4, 0.5) is 5.69 Å². The zero-order valence-corrected chi connectivity index (χ0v) is 9.86. The van der Waals surface area contributed by atoms with Gasteiger partial charge in [0, 0.05) is 0 Å². The normalized spacial score (nSPS) is 11.0. The number of rotatable bonds is 4. The summed E-state index contributed by atoms with van der Waals surface area (Å²) < 4.78 is 25.4. The Bertz CT molecular complexity index is 469. The summed E-state index contributed by atoms with van der Waals surface area (Å²) in [6.45, 7) is 1.82. The van der Waals surface area contributed by atoms with Crippen molar-refractivity contribution in [3.05, 3.63) is 29.8 Å². The molecule has 0 aliphatic rings. The molecule has 0 saturated carbocycles. The minimum atomic E-state index is -3.47. The molecule has 1 aromatic carbocycles. The molecule has 0 aliphatic heterocycles. The van der Waals surface area contributed by atoms with Crippen LogP contribution in [0.1, 0.15) is 5.56 Å². The zero-order chi connectivity index (χ0) is 11.5. The Morgan fingerprint density at radius 3 is 2.60 bits per heavy atom. The Morgan fingerprint density at radius 1 is 1.47 bits per heavy atom. The first-order chi connectivity index (χ1) is 6.91. The highest BCUT2D eigenvalue weighted by atomic mass is 32.2. The summed E-state index contributed by atoms with van der Waals surface area (Å²) in [5.74, 6) is -0.337. The van der Waals surface area contributed by atoms with Gasteiger partial charge in [0.25, 0.3) is 0 Å². The number of sulfonamides is 1. The molecule has 0 aromatic heterocycles. The fraction of sp³-hybridized carbons (Fsp3) is 0.222. The largest absolute Gasteiger partial charge is 0.392 e. The summed E-state index contributed by atoms with van der Waals surface area (Å²) in [5, 5.41) is 0. The van der Waals surface area contributed by atoms with Crippen LogP contribution >= 0.6 is 12.2 Å². The van der Waals surface area contributed by atoms with Gasteiger partial charge in [-0.1, -0.05) is 30.4 Å². The van der Waals surface area contributed by atoms with Crippen LogP contribution in [0.2, 0.25) is 0 Å². The molecule has 0 radical (unpaired) electrons. The van der Waals surface area contributed by atoms with E-state index in [4.69, 9.17) is 5.73 Å². The molecule has 0 bridgehead atoms. The predicted molar refractivity (Wildman–Crippen MR) is 65.4 cm³/mol. The summed E-state index contributed by atoms with van der Waals surface area (Å²) in [5.41, 5.74) is 6.58. The van der Waals surface area contributed by atoms with Crippen LogP contribution in [0, 0.1) is 6.92 Å². The van der Waals surface area contributed by atoms with E-state index in [1.807, 2.05) is 19.1 Å². The number of aryl methyl sites for hydroxylation is 1. The number of thiocarbonyl (C=S) groups is 1. The molecule has 1 rings (SSSR count). The van der Waals surface area contributed by atoms with Crippen molar-refractivity contribution in [1.82, 2.24) is 0 Å². The molecule has 0 amide bonds. The maximum atomic E-state index is 11.5. The lowest BCUT2D eigenvalue weighted by Crippen LogP contribution is -2.26. The average Bonchev–Trinajstić information content (AvgIpc) is 2.06. The van der Waals surface area contributed by atoms with Gasteiger partial charge in [-0.3, -0.25) is 4.72 Å². The van der Waals surface area contributed by atoms with E-state index in [0.717, 1.165) is 5.56 Å². The third-order valence-electron chi connectivity index (χ3n) is 1.74. The quantitative estimate of drug-likeness (QED) is 0.776. The second-order valence-corrected chi connectivity index (χ2v) is 5.39. The summed E-state index contributed by atoms with van der Waals surface area (Å²) in [6, 6.07) is 7.09. The molecule has 82 valence electrons. The number of para-hydroxylation sites is 1. The summed E-state index contributed by atoms with van der Waals surface area (Å²) >= 11 is 4.55. The van der Waals surface area contributed by atoms with Crippen LogP contribution in [0.3, 0.4) is 0 Å². The molecule has 0 saturated heterocycles. The first kappa shape index (κ1) is 11.9. The van der Waals surface area contributed by atoms with Gasteiger partial charge in [0.2, 0.25) is 10.0 Å². The number of hydrogen-bond acceptors (Lipinski definition) is 3. The second-order valence-electron chi connectivity index (χ2n) is 3.14. The lowest BCUT2D eigenvalue weighted by Gasteiger charge is -2.09. The molecule has 0 heterocycles. The van der Waals surface area contributed by atoms with Crippen LogP contribution in [0.15, 0.2) is 24.3 Å². The molecule has 1 aromatic rings. The van der Waals surface area contributed by atoms with Crippen LogP contribution in [0.25, 0.3) is 0 Å². The van der Waals surface area contributed by atoms with Crippen molar-refractivity contribution >= 4 is 32.9 Å². The molecule has 0 atom stereocenters. The fourth-order valence-electron chi connectivity index (χ4n) is 1.08. The van der Waals surface area contributed by atoms with E-state index in [0.29, 0.717) is 5.69 Å². The number of nitrogens with one attached hydrogen (secondary N) is 1. The smallest absolute Gasteiger partial charge is 0.239 e. The monoisotopic (exact) mass is 244 g/mol. The highest BCUT2D eigenvalue weighted by Crippen LogP contribution is 2.14. The highest BCUT2D eigenvalue weighted by Gasteiger charge is 2.12. The zero-order valence-electron chi connectivity index (χ0n) is 8.23. The van der Waals surface area contributed by atoms with Gasteiger partial charge in [0.1, 0.15) is 5.75 Å². The molecule has 15 heavy (non-hydrogen) atoms. The average molecular weight is 244 g/mol. The van der Waals surface area contributed by atoms with Crippen molar-refractivity contribution in [3.63, 3.8) is 0 Å². The van der Waals surface area contributed by atoms with E-state index in [2.05, 4.69) is 16.9 Å². The fourth-order valence-corrected chi connectivity index (χ4v) is 2.55. The van der Waals surface area contributed by atoms with Gasteiger partial charge in [0.05, 0.1) is 10.7 Å². The van der Waals surface area contributed by atoms with E-state index in [1.54, 1.807) is 12.1 Å². The lowest BCUT2D eigenvalue weighted by molar-refractivity contribution is 0.605. The maximum Gasteiger partial charge on any atom is 0.239 e. The molecule has 0 aliphatic carbocycles. The van der Waals surface area contributed by atoms with Crippen molar-refractivity contribution in [2.75, 3.05) is 10.5 Å². The van der Waals surface area contributed by atoms with Crippen molar-refractivity contribution in [2.45, 2.75) is 6.92 Å². The molecular formula is C9H12N2O2S2. The van der Waals surface area contributed by atoms with E-state index in [1.165, 1.54) is 0 Å². The molecule has 0 spiro atoms. The maximum absolute atomic E-state index is 11.5. The van der Waals surface area contributed by atoms with Crippen LogP contribution in [-0.2, 0) is 10.0 Å². The Hall–Kier alpha value is -1.14. The van der Waals surface area contributed by atoms with Crippen molar-refractivity contribution in [2.24, 2.45) is 5.73 Å². The van der Waals surface area contributed by atoms with Crippen molar-refractivity contribution in [3.8, 4) is 0 Å². The van der Waals surface area contributed by atoms with Gasteiger partial charge >= 0.3 is 0 Å². The number of hydrogen-bond donors (Lipinski definition) is 2. The van der Waals surface area contributed by atoms with E-state index in [-0.39, 0.29) is 10.7 Å². The van der Waals surface area contributed by atoms with Gasteiger partial charge in [0.15, 0.2) is 0 Å². The highest BCUT2D eigenvalue weighted by molar-refractivity contribution is 7.95. The number of anilines is 1. The van der Waals surface area contributed by atoms with Gasteiger partial charge in [-0.15, -0.1) is 0 Å². The lowest BCUT2D eigenvalue weighted by atomic mass is 10.2. The second kappa shape index (κ2) is 4.59. The standard InChI is InChI=1S/C9H12N2O2S2/c1-7-4-2-3-5-8(7)11-15(12,13)6-9(10)14/h2-5,11H,6H2,1H3,(H2,10,14). The molecule has 0 fully saturated rings. The van der Waals surface area contributed by atoms with Crippen molar-refractivity contribution in [1.29, 1.82) is 0 Å². The first-order valence-electron chi connectivity index (χ1n) is 4.25.